The van der Waals surface area contributed by atoms with E-state index in [0.29, 0.717) is 25.3 Å². The molecule has 0 saturated heterocycles. The average molecular weight is 455 g/mol. The zero-order chi connectivity index (χ0) is 24.3. The Kier molecular flexibility index (Phi) is 11.0. The van der Waals surface area contributed by atoms with Crippen LogP contribution in [0.5, 0.6) is 0 Å². The molecule has 0 radical (unpaired) electrons. The molecule has 5 nitrogen and oxygen atoms in total. The normalized spacial score (nSPS) is 14.8. The van der Waals surface area contributed by atoms with Crippen molar-refractivity contribution in [1.29, 1.82) is 0 Å². The Morgan fingerprint density at radius 1 is 0.970 bits per heavy atom. The van der Waals surface area contributed by atoms with Gasteiger partial charge < -0.3 is 20.8 Å². The first-order valence-corrected chi connectivity index (χ1v) is 12.2. The number of benzene rings is 2. The smallest absolute Gasteiger partial charge is 0.225 e. The van der Waals surface area contributed by atoms with Crippen molar-refractivity contribution in [2.75, 3.05) is 13.1 Å². The molecule has 2 atom stereocenters. The van der Waals surface area contributed by atoms with Crippen LogP contribution in [0.4, 0.5) is 0 Å². The Morgan fingerprint density at radius 2 is 1.55 bits per heavy atom. The van der Waals surface area contributed by atoms with Gasteiger partial charge in [-0.2, -0.15) is 0 Å². The molecule has 1 aliphatic rings. The number of amides is 1. The first kappa shape index (κ1) is 27.0. The SMILES string of the molecule is CC(C)CNCC(O)C[C@@H](Cc1ccccc1)C(=O)NC(C)(C)O.c1ccc2c(c1)CCC2. The molecule has 2 aromatic rings. The highest BCUT2D eigenvalue weighted by atomic mass is 16.3. The maximum Gasteiger partial charge on any atom is 0.225 e. The lowest BCUT2D eigenvalue weighted by atomic mass is 9.92. The van der Waals surface area contributed by atoms with Crippen LogP contribution < -0.4 is 10.6 Å². The largest absolute Gasteiger partial charge is 0.392 e. The predicted molar refractivity (Wildman–Crippen MR) is 135 cm³/mol. The van der Waals surface area contributed by atoms with Crippen molar-refractivity contribution < 1.29 is 15.0 Å². The van der Waals surface area contributed by atoms with Crippen molar-refractivity contribution in [3.8, 4) is 0 Å². The Bertz CT molecular complexity index is 808. The van der Waals surface area contributed by atoms with E-state index in [-0.39, 0.29) is 5.91 Å². The first-order valence-electron chi connectivity index (χ1n) is 12.2. The fraction of sp³-hybridized carbons (Fsp3) is 0.536. The summed E-state index contributed by atoms with van der Waals surface area (Å²) in [6.07, 6.45) is 4.24. The number of carbonyl (C=O) groups excluding carboxylic acids is 1. The highest BCUT2D eigenvalue weighted by Gasteiger charge is 2.26. The van der Waals surface area contributed by atoms with E-state index in [1.807, 2.05) is 30.3 Å². The van der Waals surface area contributed by atoms with E-state index in [9.17, 15) is 15.0 Å². The van der Waals surface area contributed by atoms with Gasteiger partial charge >= 0.3 is 0 Å². The number of nitrogens with one attached hydrogen (secondary N) is 2. The molecule has 1 unspecified atom stereocenters. The predicted octanol–water partition coefficient (Wildman–Crippen LogP) is 3.86. The zero-order valence-corrected chi connectivity index (χ0v) is 20.7. The van der Waals surface area contributed by atoms with E-state index in [0.717, 1.165) is 12.1 Å². The molecule has 182 valence electrons. The second kappa shape index (κ2) is 13.5. The van der Waals surface area contributed by atoms with E-state index in [2.05, 4.69) is 48.7 Å². The van der Waals surface area contributed by atoms with Crippen LogP contribution in [0, 0.1) is 11.8 Å². The summed E-state index contributed by atoms with van der Waals surface area (Å²) in [6, 6.07) is 18.5. The maximum absolute atomic E-state index is 12.5. The molecule has 0 saturated carbocycles. The lowest BCUT2D eigenvalue weighted by Crippen LogP contribution is -2.47. The molecule has 0 aliphatic heterocycles. The third-order valence-corrected chi connectivity index (χ3v) is 5.62. The molecule has 3 rings (SSSR count). The number of hydrogen-bond donors (Lipinski definition) is 4. The third-order valence-electron chi connectivity index (χ3n) is 5.62. The zero-order valence-electron chi connectivity index (χ0n) is 20.7. The number of rotatable bonds is 10. The fourth-order valence-corrected chi connectivity index (χ4v) is 4.05. The van der Waals surface area contributed by atoms with Crippen molar-refractivity contribution in [3.05, 3.63) is 71.3 Å². The topological polar surface area (TPSA) is 81.6 Å². The van der Waals surface area contributed by atoms with E-state index >= 15 is 0 Å². The van der Waals surface area contributed by atoms with Crippen LogP contribution in [0.1, 0.15) is 57.2 Å². The average Bonchev–Trinajstić information content (AvgIpc) is 3.22. The molecule has 0 fully saturated rings. The number of aliphatic hydroxyl groups is 2. The lowest BCUT2D eigenvalue weighted by Gasteiger charge is -2.25. The number of aliphatic hydroxyl groups excluding tert-OH is 1. The van der Waals surface area contributed by atoms with E-state index in [1.54, 1.807) is 11.1 Å². The third kappa shape index (κ3) is 11.0. The van der Waals surface area contributed by atoms with Crippen LogP contribution in [0.2, 0.25) is 0 Å². The second-order valence-electron chi connectivity index (χ2n) is 10.00. The summed E-state index contributed by atoms with van der Waals surface area (Å²) >= 11 is 0. The molecular formula is C28H42N2O3. The maximum atomic E-state index is 12.5. The summed E-state index contributed by atoms with van der Waals surface area (Å²) in [5.41, 5.74) is 2.90. The molecule has 0 bridgehead atoms. The van der Waals surface area contributed by atoms with Gasteiger partial charge in [0.15, 0.2) is 0 Å². The first-order chi connectivity index (χ1) is 15.6. The summed E-state index contributed by atoms with van der Waals surface area (Å²) in [5.74, 6) is -0.125. The molecule has 0 heterocycles. The summed E-state index contributed by atoms with van der Waals surface area (Å²) in [6.45, 7) is 8.56. The standard InChI is InChI=1S/C19H32N2O3.C9H10/c1-14(2)12-20-13-17(22)11-16(18(23)21-19(3,4)24)10-15-8-6-5-7-9-15;1-2-5-9-7-3-6-8(9)4-1/h5-9,14,16-17,20,22,24H,10-13H2,1-4H3,(H,21,23);1-2,4-5H,3,6-7H2/t16-,17?;/m1./s1. The van der Waals surface area contributed by atoms with Crippen LogP contribution in [0.25, 0.3) is 0 Å². The summed E-state index contributed by atoms with van der Waals surface area (Å²) < 4.78 is 0. The molecule has 4 N–H and O–H groups in total. The Morgan fingerprint density at radius 3 is 2.09 bits per heavy atom. The minimum Gasteiger partial charge on any atom is -0.392 e. The van der Waals surface area contributed by atoms with Gasteiger partial charge in [-0.3, -0.25) is 4.79 Å². The van der Waals surface area contributed by atoms with Gasteiger partial charge in [-0.15, -0.1) is 0 Å². The Balaban J connectivity index is 0.000000349. The van der Waals surface area contributed by atoms with Crippen molar-refractivity contribution in [1.82, 2.24) is 10.6 Å². The van der Waals surface area contributed by atoms with Crippen LogP contribution >= 0.6 is 0 Å². The van der Waals surface area contributed by atoms with Gasteiger partial charge in [-0.1, -0.05) is 68.4 Å². The van der Waals surface area contributed by atoms with Crippen molar-refractivity contribution in [2.45, 2.75) is 71.6 Å². The number of fused-ring (bicyclic) bond motifs is 1. The van der Waals surface area contributed by atoms with Crippen LogP contribution in [0.3, 0.4) is 0 Å². The van der Waals surface area contributed by atoms with Gasteiger partial charge in [0.2, 0.25) is 5.91 Å². The Labute approximate surface area is 199 Å². The molecule has 33 heavy (non-hydrogen) atoms. The molecule has 1 aliphatic carbocycles. The molecule has 1 amide bonds. The van der Waals surface area contributed by atoms with Gasteiger partial charge in [0.05, 0.1) is 6.10 Å². The highest BCUT2D eigenvalue weighted by molar-refractivity contribution is 5.79. The number of carbonyl (C=O) groups is 1. The molecular weight excluding hydrogens is 412 g/mol. The number of aryl methyl sites for hydroxylation is 2. The van der Waals surface area contributed by atoms with Gasteiger partial charge in [0.1, 0.15) is 5.72 Å². The van der Waals surface area contributed by atoms with E-state index in [4.69, 9.17) is 0 Å². The molecule has 0 spiro atoms. The highest BCUT2D eigenvalue weighted by Crippen LogP contribution is 2.20. The molecule has 5 heteroatoms. The molecule has 0 aromatic heterocycles. The van der Waals surface area contributed by atoms with Crippen molar-refractivity contribution >= 4 is 5.91 Å². The van der Waals surface area contributed by atoms with Gasteiger partial charge in [-0.05, 0) is 75.1 Å². The second-order valence-corrected chi connectivity index (χ2v) is 10.00. The minimum absolute atomic E-state index is 0.241. The van der Waals surface area contributed by atoms with Gasteiger partial charge in [0.25, 0.3) is 0 Å². The monoisotopic (exact) mass is 454 g/mol. The summed E-state index contributed by atoms with van der Waals surface area (Å²) in [5, 5.41) is 25.9. The van der Waals surface area contributed by atoms with Crippen LogP contribution in [-0.4, -0.2) is 41.0 Å². The Hall–Kier alpha value is -2.21. The summed E-state index contributed by atoms with van der Waals surface area (Å²) in [4.78, 5) is 12.5. The van der Waals surface area contributed by atoms with E-state index in [1.165, 1.54) is 33.1 Å². The summed E-state index contributed by atoms with van der Waals surface area (Å²) in [7, 11) is 0. The van der Waals surface area contributed by atoms with Crippen LogP contribution in [-0.2, 0) is 24.1 Å². The molecule has 2 aromatic carbocycles. The van der Waals surface area contributed by atoms with Crippen molar-refractivity contribution in [3.63, 3.8) is 0 Å². The van der Waals surface area contributed by atoms with E-state index < -0.39 is 17.7 Å². The van der Waals surface area contributed by atoms with Crippen molar-refractivity contribution in [2.24, 2.45) is 11.8 Å². The van der Waals surface area contributed by atoms with Gasteiger partial charge in [-0.25, -0.2) is 0 Å². The number of hydrogen-bond acceptors (Lipinski definition) is 4. The van der Waals surface area contributed by atoms with Gasteiger partial charge in [0, 0.05) is 12.5 Å². The fourth-order valence-electron chi connectivity index (χ4n) is 4.05. The van der Waals surface area contributed by atoms with Crippen LogP contribution in [0.15, 0.2) is 54.6 Å². The quantitative estimate of drug-likeness (QED) is 0.411. The lowest BCUT2D eigenvalue weighted by molar-refractivity contribution is -0.132. The minimum atomic E-state index is -1.27.